The van der Waals surface area contributed by atoms with E-state index in [1.54, 1.807) is 54.7 Å². The van der Waals surface area contributed by atoms with Crippen LogP contribution in [0.1, 0.15) is 5.56 Å². The number of para-hydroxylation sites is 1. The lowest BCUT2D eigenvalue weighted by atomic mass is 10.1. The van der Waals surface area contributed by atoms with Crippen molar-refractivity contribution >= 4 is 34.4 Å². The number of rotatable bonds is 6. The molecule has 1 aliphatic heterocycles. The van der Waals surface area contributed by atoms with Gasteiger partial charge in [-0.2, -0.15) is 0 Å². The number of carbonyl (C=O) groups is 1. The molecule has 32 heavy (non-hydrogen) atoms. The molecule has 2 aromatic carbocycles. The minimum Gasteiger partial charge on any atom is -0.508 e. The largest absolute Gasteiger partial charge is 0.508 e. The number of amides is 1. The van der Waals surface area contributed by atoms with Gasteiger partial charge in [0.25, 0.3) is 5.91 Å². The van der Waals surface area contributed by atoms with Gasteiger partial charge in [0.15, 0.2) is 0 Å². The summed E-state index contributed by atoms with van der Waals surface area (Å²) in [6.45, 7) is 0.562. The molecule has 1 atom stereocenters. The Hall–Kier alpha value is -3.91. The van der Waals surface area contributed by atoms with E-state index in [0.717, 1.165) is 10.9 Å². The number of nitrogens with zero attached hydrogens (tertiary/aromatic N) is 3. The van der Waals surface area contributed by atoms with Crippen LogP contribution in [-0.4, -0.2) is 55.1 Å². The van der Waals surface area contributed by atoms with E-state index in [0.29, 0.717) is 29.2 Å². The number of phenolic OH excluding ortho intramolecular Hbond substituents is 1. The molecule has 164 valence electrons. The molecule has 1 aliphatic rings. The van der Waals surface area contributed by atoms with Gasteiger partial charge in [0.1, 0.15) is 36.3 Å². The van der Waals surface area contributed by atoms with Crippen LogP contribution in [0.15, 0.2) is 65.8 Å². The lowest BCUT2D eigenvalue weighted by Crippen LogP contribution is -2.48. The number of benzene rings is 2. The number of nitrogens with two attached hydrogens (primary N) is 1. The summed E-state index contributed by atoms with van der Waals surface area (Å²) in [7, 11) is 1.68. The van der Waals surface area contributed by atoms with Gasteiger partial charge in [-0.25, -0.2) is 0 Å². The Morgan fingerprint density at radius 1 is 1.31 bits per heavy atom. The van der Waals surface area contributed by atoms with Crippen LogP contribution in [0.4, 0.5) is 5.69 Å². The summed E-state index contributed by atoms with van der Waals surface area (Å²) in [6, 6.07) is 14.0. The number of aromatic nitrogens is 1. The Morgan fingerprint density at radius 2 is 2.12 bits per heavy atom. The molecule has 8 heteroatoms. The van der Waals surface area contributed by atoms with Crippen molar-refractivity contribution in [3.8, 4) is 11.5 Å². The van der Waals surface area contributed by atoms with Gasteiger partial charge < -0.3 is 25.2 Å². The van der Waals surface area contributed by atoms with Gasteiger partial charge in [0.05, 0.1) is 6.54 Å². The lowest BCUT2D eigenvalue weighted by molar-refractivity contribution is -0.130. The summed E-state index contributed by atoms with van der Waals surface area (Å²) in [5.41, 5.74) is 9.03. The molecule has 1 fully saturated rings. The van der Waals surface area contributed by atoms with Crippen molar-refractivity contribution in [3.63, 3.8) is 0 Å². The molecule has 4 rings (SSSR count). The molecule has 1 aromatic heterocycles. The zero-order chi connectivity index (χ0) is 22.5. The highest BCUT2D eigenvalue weighted by molar-refractivity contribution is 5.97. The van der Waals surface area contributed by atoms with Crippen LogP contribution < -0.4 is 15.4 Å². The molecule has 1 amide bonds. The standard InChI is InChI=1S/C24H24N4O4/c1-26-11-10-21(25)19-9-12-27-24-20(19)3-2-4-22(24)32-14-18-13-28(23(30)15-31-18)16-5-7-17(29)8-6-16/h2-12,18,29H,13-15,25H2,1H3. The van der Waals surface area contributed by atoms with Gasteiger partial charge in [0.2, 0.25) is 0 Å². The van der Waals surface area contributed by atoms with Crippen molar-refractivity contribution in [3.05, 3.63) is 66.4 Å². The first-order valence-electron chi connectivity index (χ1n) is 10.2. The zero-order valence-electron chi connectivity index (χ0n) is 17.6. The third-order valence-electron chi connectivity index (χ3n) is 5.16. The smallest absolute Gasteiger partial charge is 0.253 e. The summed E-state index contributed by atoms with van der Waals surface area (Å²) < 4.78 is 11.7. The third kappa shape index (κ3) is 4.55. The van der Waals surface area contributed by atoms with Crippen LogP contribution in [0.25, 0.3) is 16.6 Å². The number of aliphatic imine (C=N–C) groups is 1. The third-order valence-corrected chi connectivity index (χ3v) is 5.16. The average Bonchev–Trinajstić information content (AvgIpc) is 2.82. The number of hydrogen-bond acceptors (Lipinski definition) is 7. The first kappa shape index (κ1) is 21.3. The maximum absolute atomic E-state index is 12.3. The van der Waals surface area contributed by atoms with E-state index in [4.69, 9.17) is 15.2 Å². The van der Waals surface area contributed by atoms with Crippen molar-refractivity contribution in [1.82, 2.24) is 4.98 Å². The number of phenols is 1. The number of pyridine rings is 1. The van der Waals surface area contributed by atoms with Crippen LogP contribution in [0, 0.1) is 0 Å². The first-order valence-corrected chi connectivity index (χ1v) is 10.2. The predicted molar refractivity (Wildman–Crippen MR) is 124 cm³/mol. The second kappa shape index (κ2) is 9.49. The summed E-state index contributed by atoms with van der Waals surface area (Å²) in [5, 5.41) is 10.4. The fourth-order valence-electron chi connectivity index (χ4n) is 3.55. The number of allylic oxidation sites excluding steroid dienone is 1. The fourth-order valence-corrected chi connectivity index (χ4v) is 3.55. The highest BCUT2D eigenvalue weighted by atomic mass is 16.5. The second-order valence-corrected chi connectivity index (χ2v) is 7.30. The van der Waals surface area contributed by atoms with E-state index in [-0.39, 0.29) is 31.0 Å². The molecule has 8 nitrogen and oxygen atoms in total. The molecule has 0 bridgehead atoms. The summed E-state index contributed by atoms with van der Waals surface area (Å²) >= 11 is 0. The first-order chi connectivity index (χ1) is 15.6. The quantitative estimate of drug-likeness (QED) is 0.580. The number of aromatic hydroxyl groups is 1. The number of ether oxygens (including phenoxy) is 2. The molecular weight excluding hydrogens is 408 g/mol. The van der Waals surface area contributed by atoms with E-state index in [1.165, 1.54) is 0 Å². The minimum atomic E-state index is -0.314. The normalized spacial score (nSPS) is 17.3. The molecule has 3 aromatic rings. The van der Waals surface area contributed by atoms with Gasteiger partial charge in [0, 0.05) is 41.8 Å². The molecule has 0 spiro atoms. The van der Waals surface area contributed by atoms with Crippen molar-refractivity contribution in [2.75, 3.05) is 31.7 Å². The van der Waals surface area contributed by atoms with E-state index in [2.05, 4.69) is 9.98 Å². The van der Waals surface area contributed by atoms with Crippen molar-refractivity contribution in [2.24, 2.45) is 10.7 Å². The Morgan fingerprint density at radius 3 is 2.91 bits per heavy atom. The van der Waals surface area contributed by atoms with Crippen LogP contribution >= 0.6 is 0 Å². The minimum absolute atomic E-state index is 0.0346. The van der Waals surface area contributed by atoms with E-state index >= 15 is 0 Å². The van der Waals surface area contributed by atoms with Gasteiger partial charge in [-0.05, 0) is 42.5 Å². The number of anilines is 1. The van der Waals surface area contributed by atoms with E-state index < -0.39 is 0 Å². The van der Waals surface area contributed by atoms with Gasteiger partial charge in [-0.1, -0.05) is 12.1 Å². The molecule has 1 saturated heterocycles. The Balaban J connectivity index is 1.52. The van der Waals surface area contributed by atoms with Gasteiger partial charge in [-0.3, -0.25) is 14.8 Å². The van der Waals surface area contributed by atoms with E-state index in [1.807, 2.05) is 24.3 Å². The van der Waals surface area contributed by atoms with Crippen LogP contribution in [0.3, 0.4) is 0 Å². The van der Waals surface area contributed by atoms with Gasteiger partial charge in [-0.15, -0.1) is 0 Å². The number of carbonyl (C=O) groups excluding carboxylic acids is 1. The Kier molecular flexibility index (Phi) is 6.32. The SMILES string of the molecule is CN=CC=C(N)c1ccnc2c(OCC3CN(c4ccc(O)cc4)C(=O)CO3)cccc12. The molecular formula is C24H24N4O4. The monoisotopic (exact) mass is 432 g/mol. The number of fused-ring (bicyclic) bond motifs is 1. The highest BCUT2D eigenvalue weighted by Gasteiger charge is 2.28. The predicted octanol–water partition coefficient (Wildman–Crippen LogP) is 2.75. The molecule has 3 N–H and O–H groups in total. The van der Waals surface area contributed by atoms with Crippen molar-refractivity contribution in [2.45, 2.75) is 6.10 Å². The lowest BCUT2D eigenvalue weighted by Gasteiger charge is -2.32. The average molecular weight is 432 g/mol. The molecule has 0 radical (unpaired) electrons. The Bertz CT molecular complexity index is 1170. The number of hydrogen-bond donors (Lipinski definition) is 2. The Labute approximate surface area is 185 Å². The molecule has 2 heterocycles. The summed E-state index contributed by atoms with van der Waals surface area (Å²) in [5.74, 6) is 0.619. The second-order valence-electron chi connectivity index (χ2n) is 7.30. The molecule has 1 unspecified atom stereocenters. The van der Waals surface area contributed by atoms with Crippen LogP contribution in [0.5, 0.6) is 11.5 Å². The fraction of sp³-hybridized carbons (Fsp3) is 0.208. The van der Waals surface area contributed by atoms with Gasteiger partial charge >= 0.3 is 0 Å². The van der Waals surface area contributed by atoms with Crippen molar-refractivity contribution < 1.29 is 19.4 Å². The van der Waals surface area contributed by atoms with E-state index in [9.17, 15) is 9.90 Å². The highest BCUT2D eigenvalue weighted by Crippen LogP contribution is 2.29. The van der Waals surface area contributed by atoms with Crippen LogP contribution in [-0.2, 0) is 9.53 Å². The van der Waals surface area contributed by atoms with Crippen LogP contribution in [0.2, 0.25) is 0 Å². The molecule has 0 saturated carbocycles. The summed E-state index contributed by atoms with van der Waals surface area (Å²) in [4.78, 5) is 22.4. The zero-order valence-corrected chi connectivity index (χ0v) is 17.6. The maximum Gasteiger partial charge on any atom is 0.253 e. The maximum atomic E-state index is 12.3. The van der Waals surface area contributed by atoms with Crippen molar-refractivity contribution in [1.29, 1.82) is 0 Å². The number of morpholine rings is 1. The topological polar surface area (TPSA) is 110 Å². The molecule has 0 aliphatic carbocycles. The summed E-state index contributed by atoms with van der Waals surface area (Å²) in [6.07, 6.45) is 4.76.